The van der Waals surface area contributed by atoms with Crippen molar-refractivity contribution in [2.75, 3.05) is 52.9 Å². The first kappa shape index (κ1) is 48.2. The van der Waals surface area contributed by atoms with E-state index in [1.54, 1.807) is 6.92 Å². The Kier molecular flexibility index (Phi) is 21.2. The van der Waals surface area contributed by atoms with Crippen LogP contribution in [-0.2, 0) is 9.59 Å². The van der Waals surface area contributed by atoms with Crippen molar-refractivity contribution in [3.63, 3.8) is 0 Å². The largest absolute Gasteiger partial charge is 0.340 e. The standard InChI is InChI=1S/C19H38N2O.C12H27N.C11H22O/c1-17(2,3)15-20-11-13-21(14-12-20)16(22)9-10-19(7,8)18(4,5)6;1-11(2)7-9-13(6)10-8-12(3,4)5;1-8(2)10(9(3)12)7-11(4,5)6/h9-15H2,1-8H3;11H,7-10H2,1-6H3;8,10H,7H2,1-6H3. The number of piperazine rings is 1. The first-order valence-electron chi connectivity index (χ1n) is 19.1. The lowest BCUT2D eigenvalue weighted by atomic mass is 9.67. The zero-order valence-electron chi connectivity index (χ0n) is 35.9. The number of carbonyl (C=O) groups excluding carboxylic acids is 2. The van der Waals surface area contributed by atoms with Gasteiger partial charge in [0.2, 0.25) is 5.91 Å². The molecule has 1 aliphatic heterocycles. The Morgan fingerprint density at radius 2 is 1.17 bits per heavy atom. The van der Waals surface area contributed by atoms with E-state index in [9.17, 15) is 9.59 Å². The third-order valence-electron chi connectivity index (χ3n) is 9.91. The maximum Gasteiger partial charge on any atom is 0.222 e. The summed E-state index contributed by atoms with van der Waals surface area (Å²) >= 11 is 0. The Morgan fingerprint density at radius 3 is 1.49 bits per heavy atom. The maximum atomic E-state index is 12.5. The van der Waals surface area contributed by atoms with E-state index >= 15 is 0 Å². The number of nitrogens with zero attached hydrogens (tertiary/aromatic N) is 3. The third-order valence-corrected chi connectivity index (χ3v) is 9.91. The first-order chi connectivity index (χ1) is 20.9. The predicted molar refractivity (Wildman–Crippen MR) is 209 cm³/mol. The highest BCUT2D eigenvalue weighted by Gasteiger charge is 2.34. The zero-order chi connectivity index (χ0) is 37.6. The summed E-state index contributed by atoms with van der Waals surface area (Å²) < 4.78 is 0. The Balaban J connectivity index is 0. The van der Waals surface area contributed by atoms with Crippen LogP contribution in [-0.4, -0.2) is 79.3 Å². The molecule has 0 aromatic heterocycles. The molecule has 0 N–H and O–H groups in total. The van der Waals surface area contributed by atoms with Gasteiger partial charge in [0.25, 0.3) is 0 Å². The van der Waals surface area contributed by atoms with E-state index in [1.165, 1.54) is 25.9 Å². The molecule has 0 saturated carbocycles. The zero-order valence-corrected chi connectivity index (χ0v) is 35.9. The second kappa shape index (κ2) is 20.7. The van der Waals surface area contributed by atoms with E-state index in [2.05, 4.69) is 146 Å². The quantitative estimate of drug-likeness (QED) is 0.208. The summed E-state index contributed by atoms with van der Waals surface area (Å²) in [7, 11) is 2.23. The van der Waals surface area contributed by atoms with Gasteiger partial charge in [-0.15, -0.1) is 0 Å². The molecule has 1 aliphatic rings. The summed E-state index contributed by atoms with van der Waals surface area (Å²) in [5, 5.41) is 0. The minimum atomic E-state index is 0.191. The van der Waals surface area contributed by atoms with Gasteiger partial charge in [-0.25, -0.2) is 0 Å². The second-order valence-corrected chi connectivity index (χ2v) is 20.9. The van der Waals surface area contributed by atoms with Crippen molar-refractivity contribution in [3.8, 4) is 0 Å². The molecule has 1 amide bonds. The number of amides is 1. The highest BCUT2D eigenvalue weighted by atomic mass is 16.2. The van der Waals surface area contributed by atoms with Gasteiger partial charge >= 0.3 is 0 Å². The van der Waals surface area contributed by atoms with Crippen LogP contribution in [0, 0.1) is 44.8 Å². The number of hydrogen-bond acceptors (Lipinski definition) is 4. The average Bonchev–Trinajstić information content (AvgIpc) is 2.86. The molecule has 0 radical (unpaired) electrons. The van der Waals surface area contributed by atoms with Crippen LogP contribution < -0.4 is 0 Å². The van der Waals surface area contributed by atoms with Crippen molar-refractivity contribution in [2.45, 2.75) is 164 Å². The van der Waals surface area contributed by atoms with Crippen LogP contribution in [0.4, 0.5) is 0 Å². The van der Waals surface area contributed by atoms with Crippen LogP contribution in [0.2, 0.25) is 0 Å². The minimum Gasteiger partial charge on any atom is -0.340 e. The highest BCUT2D eigenvalue weighted by Crippen LogP contribution is 2.41. The summed E-state index contributed by atoms with van der Waals surface area (Å²) in [6.07, 6.45) is 5.27. The molecular formula is C42H87N3O2. The number of Topliss-reactive ketones (excluding diaryl/α,β-unsaturated/α-hetero) is 1. The highest BCUT2D eigenvalue weighted by molar-refractivity contribution is 5.78. The summed E-state index contributed by atoms with van der Waals surface area (Å²) in [4.78, 5) is 30.7. The lowest BCUT2D eigenvalue weighted by molar-refractivity contribution is -0.134. The molecule has 1 saturated heterocycles. The van der Waals surface area contributed by atoms with Gasteiger partial charge in [0, 0.05) is 45.1 Å². The van der Waals surface area contributed by atoms with E-state index in [0.29, 0.717) is 34.9 Å². The fourth-order valence-electron chi connectivity index (χ4n) is 5.40. The molecule has 47 heavy (non-hydrogen) atoms. The Morgan fingerprint density at radius 1 is 0.681 bits per heavy atom. The van der Waals surface area contributed by atoms with Gasteiger partial charge in [-0.2, -0.15) is 0 Å². The molecule has 1 heterocycles. The summed E-state index contributed by atoms with van der Waals surface area (Å²) in [5.41, 5.74) is 1.50. The SMILES string of the molecule is CC(=O)C(CC(C)(C)C)C(C)C.CC(C)(C)CN1CCN(C(=O)CCC(C)(C)C(C)(C)C)CC1.CC(C)CCN(C)CCC(C)(C)C. The monoisotopic (exact) mass is 666 g/mol. The first-order valence-corrected chi connectivity index (χ1v) is 19.1. The van der Waals surface area contributed by atoms with Crippen LogP contribution >= 0.6 is 0 Å². The van der Waals surface area contributed by atoms with Crippen molar-refractivity contribution in [2.24, 2.45) is 44.8 Å². The molecule has 1 unspecified atom stereocenters. The average molecular weight is 666 g/mol. The van der Waals surface area contributed by atoms with E-state index in [-0.39, 0.29) is 22.2 Å². The van der Waals surface area contributed by atoms with Crippen LogP contribution in [0.15, 0.2) is 0 Å². The number of hydrogen-bond donors (Lipinski definition) is 0. The smallest absolute Gasteiger partial charge is 0.222 e. The van der Waals surface area contributed by atoms with Crippen molar-refractivity contribution in [1.29, 1.82) is 0 Å². The van der Waals surface area contributed by atoms with Crippen LogP contribution in [0.3, 0.4) is 0 Å². The van der Waals surface area contributed by atoms with Gasteiger partial charge in [-0.3, -0.25) is 14.5 Å². The van der Waals surface area contributed by atoms with Gasteiger partial charge in [-0.1, -0.05) is 125 Å². The predicted octanol–water partition coefficient (Wildman–Crippen LogP) is 10.7. The van der Waals surface area contributed by atoms with Crippen molar-refractivity contribution < 1.29 is 9.59 Å². The van der Waals surface area contributed by atoms with Crippen molar-refractivity contribution in [3.05, 3.63) is 0 Å². The van der Waals surface area contributed by atoms with Gasteiger partial charge in [0.15, 0.2) is 0 Å². The van der Waals surface area contributed by atoms with Gasteiger partial charge in [0.05, 0.1) is 0 Å². The Hall–Kier alpha value is -0.940. The normalized spacial score (nSPS) is 16.1. The third kappa shape index (κ3) is 25.7. The van der Waals surface area contributed by atoms with Gasteiger partial charge in [0.1, 0.15) is 5.78 Å². The Bertz CT molecular complexity index is 854. The number of carbonyl (C=O) groups is 2. The van der Waals surface area contributed by atoms with E-state index in [4.69, 9.17) is 0 Å². The molecule has 0 bridgehead atoms. The Labute approximate surface area is 296 Å². The van der Waals surface area contributed by atoms with E-state index in [0.717, 1.165) is 51.5 Å². The fraction of sp³-hybridized carbons (Fsp3) is 0.952. The summed E-state index contributed by atoms with van der Waals surface area (Å²) in [6.45, 7) is 49.6. The molecule has 0 spiro atoms. The lowest BCUT2D eigenvalue weighted by Crippen LogP contribution is -2.50. The molecule has 1 fully saturated rings. The number of rotatable bonds is 12. The molecular weight excluding hydrogens is 578 g/mol. The molecule has 0 aromatic carbocycles. The molecule has 0 aliphatic carbocycles. The van der Waals surface area contributed by atoms with Crippen LogP contribution in [0.1, 0.15) is 164 Å². The molecule has 282 valence electrons. The maximum absolute atomic E-state index is 12.5. The molecule has 0 aromatic rings. The summed E-state index contributed by atoms with van der Waals surface area (Å²) in [6, 6.07) is 0. The molecule has 1 atom stereocenters. The van der Waals surface area contributed by atoms with Crippen LogP contribution in [0.5, 0.6) is 0 Å². The van der Waals surface area contributed by atoms with E-state index in [1.807, 2.05) is 0 Å². The van der Waals surface area contributed by atoms with Gasteiger partial charge in [-0.05, 0) is 91.7 Å². The molecule has 5 nitrogen and oxygen atoms in total. The number of ketones is 1. The molecule has 5 heteroatoms. The second-order valence-electron chi connectivity index (χ2n) is 20.9. The van der Waals surface area contributed by atoms with Crippen LogP contribution in [0.25, 0.3) is 0 Å². The minimum absolute atomic E-state index is 0.191. The summed E-state index contributed by atoms with van der Waals surface area (Å²) in [5.74, 6) is 2.22. The van der Waals surface area contributed by atoms with Crippen molar-refractivity contribution in [1.82, 2.24) is 14.7 Å². The molecule has 1 rings (SSSR count). The topological polar surface area (TPSA) is 43.9 Å². The van der Waals surface area contributed by atoms with Crippen molar-refractivity contribution >= 4 is 11.7 Å². The fourth-order valence-corrected chi connectivity index (χ4v) is 5.40. The van der Waals surface area contributed by atoms with Gasteiger partial charge < -0.3 is 9.80 Å². The lowest BCUT2D eigenvalue weighted by Gasteiger charge is -2.40. The van der Waals surface area contributed by atoms with E-state index < -0.39 is 0 Å².